The van der Waals surface area contributed by atoms with Gasteiger partial charge in [0.25, 0.3) is 11.8 Å². The lowest BCUT2D eigenvalue weighted by molar-refractivity contribution is -0.118. The van der Waals surface area contributed by atoms with Crippen LogP contribution in [-0.2, 0) is 9.59 Å². The molecule has 0 saturated carbocycles. The molecule has 0 bridgehead atoms. The van der Waals surface area contributed by atoms with E-state index in [1.807, 2.05) is 25.1 Å². The van der Waals surface area contributed by atoms with Gasteiger partial charge in [-0.2, -0.15) is 0 Å². The molecular formula is C17H16N2O4. The standard InChI is InChI=1S/C17H16N2O4/c1-11-7-13(17-14(8-11)19-16(21)10-23-17)18-15(20)9-22-12-5-3-2-4-6-12/h2-8H,9-10H2,1H3,(H,18,20)(H,19,21). The number of carbonyl (C=O) groups is 2. The van der Waals surface area contributed by atoms with Crippen molar-refractivity contribution in [3.63, 3.8) is 0 Å². The Balaban J connectivity index is 1.70. The lowest BCUT2D eigenvalue weighted by Crippen LogP contribution is -2.27. The van der Waals surface area contributed by atoms with Gasteiger partial charge in [0.05, 0.1) is 11.4 Å². The summed E-state index contributed by atoms with van der Waals surface area (Å²) in [7, 11) is 0. The third-order valence-electron chi connectivity index (χ3n) is 3.24. The first-order valence-corrected chi connectivity index (χ1v) is 7.17. The number of hydrogen-bond acceptors (Lipinski definition) is 4. The van der Waals surface area contributed by atoms with E-state index >= 15 is 0 Å². The van der Waals surface area contributed by atoms with Gasteiger partial charge in [-0.3, -0.25) is 9.59 Å². The quantitative estimate of drug-likeness (QED) is 0.908. The molecule has 2 aromatic rings. The van der Waals surface area contributed by atoms with Crippen LogP contribution < -0.4 is 20.1 Å². The normalized spacial score (nSPS) is 12.7. The van der Waals surface area contributed by atoms with Crippen LogP contribution in [0.15, 0.2) is 42.5 Å². The van der Waals surface area contributed by atoms with Crippen LogP contribution in [0.2, 0.25) is 0 Å². The largest absolute Gasteiger partial charge is 0.484 e. The van der Waals surface area contributed by atoms with Crippen LogP contribution in [0.3, 0.4) is 0 Å². The van der Waals surface area contributed by atoms with Gasteiger partial charge in [-0.05, 0) is 36.8 Å². The van der Waals surface area contributed by atoms with Crippen molar-refractivity contribution in [1.29, 1.82) is 0 Å². The molecule has 0 spiro atoms. The van der Waals surface area contributed by atoms with Gasteiger partial charge in [-0.15, -0.1) is 0 Å². The van der Waals surface area contributed by atoms with Crippen LogP contribution >= 0.6 is 0 Å². The average Bonchev–Trinajstić information content (AvgIpc) is 2.53. The van der Waals surface area contributed by atoms with Gasteiger partial charge in [0.15, 0.2) is 19.0 Å². The van der Waals surface area contributed by atoms with Crippen LogP contribution in [0, 0.1) is 6.92 Å². The molecule has 2 amide bonds. The van der Waals surface area contributed by atoms with Gasteiger partial charge in [-0.1, -0.05) is 18.2 Å². The molecule has 0 unspecified atom stereocenters. The van der Waals surface area contributed by atoms with E-state index in [4.69, 9.17) is 9.47 Å². The van der Waals surface area contributed by atoms with Gasteiger partial charge in [0.1, 0.15) is 5.75 Å². The molecule has 118 valence electrons. The van der Waals surface area contributed by atoms with E-state index in [1.54, 1.807) is 24.3 Å². The van der Waals surface area contributed by atoms with E-state index in [2.05, 4.69) is 10.6 Å². The highest BCUT2D eigenvalue weighted by molar-refractivity contribution is 6.00. The Labute approximate surface area is 133 Å². The monoisotopic (exact) mass is 312 g/mol. The molecule has 0 radical (unpaired) electrons. The zero-order valence-corrected chi connectivity index (χ0v) is 12.6. The molecule has 2 aromatic carbocycles. The highest BCUT2D eigenvalue weighted by Crippen LogP contribution is 2.36. The van der Waals surface area contributed by atoms with Crippen molar-refractivity contribution in [2.24, 2.45) is 0 Å². The summed E-state index contributed by atoms with van der Waals surface area (Å²) in [6, 6.07) is 12.7. The summed E-state index contributed by atoms with van der Waals surface area (Å²) in [4.78, 5) is 23.5. The number of fused-ring (bicyclic) bond motifs is 1. The van der Waals surface area contributed by atoms with Gasteiger partial charge in [0, 0.05) is 0 Å². The van der Waals surface area contributed by atoms with Gasteiger partial charge in [0.2, 0.25) is 0 Å². The van der Waals surface area contributed by atoms with E-state index in [0.717, 1.165) is 5.56 Å². The highest BCUT2D eigenvalue weighted by atomic mass is 16.5. The number of aryl methyl sites for hydroxylation is 1. The van der Waals surface area contributed by atoms with Crippen molar-refractivity contribution in [2.75, 3.05) is 23.8 Å². The number of ether oxygens (including phenoxy) is 2. The van der Waals surface area contributed by atoms with Gasteiger partial charge in [-0.25, -0.2) is 0 Å². The fourth-order valence-electron chi connectivity index (χ4n) is 2.29. The molecule has 0 aromatic heterocycles. The molecular weight excluding hydrogens is 296 g/mol. The highest BCUT2D eigenvalue weighted by Gasteiger charge is 2.21. The van der Waals surface area contributed by atoms with Crippen LogP contribution in [0.4, 0.5) is 11.4 Å². The molecule has 6 heteroatoms. The van der Waals surface area contributed by atoms with Crippen LogP contribution in [-0.4, -0.2) is 25.0 Å². The Morgan fingerprint density at radius 2 is 2.09 bits per heavy atom. The maximum Gasteiger partial charge on any atom is 0.262 e. The van der Waals surface area contributed by atoms with E-state index in [0.29, 0.717) is 22.9 Å². The zero-order valence-electron chi connectivity index (χ0n) is 12.6. The second-order valence-electron chi connectivity index (χ2n) is 5.18. The number of para-hydroxylation sites is 1. The summed E-state index contributed by atoms with van der Waals surface area (Å²) >= 11 is 0. The Morgan fingerprint density at radius 1 is 1.30 bits per heavy atom. The maximum absolute atomic E-state index is 12.1. The molecule has 0 aliphatic carbocycles. The van der Waals surface area contributed by atoms with Crippen molar-refractivity contribution in [3.8, 4) is 11.5 Å². The summed E-state index contributed by atoms with van der Waals surface area (Å²) in [6.45, 7) is 1.69. The van der Waals surface area contributed by atoms with E-state index in [9.17, 15) is 9.59 Å². The minimum absolute atomic E-state index is 0.0700. The first-order chi connectivity index (χ1) is 11.1. The summed E-state index contributed by atoms with van der Waals surface area (Å²) in [5.74, 6) is 0.565. The maximum atomic E-state index is 12.1. The number of carbonyl (C=O) groups excluding carboxylic acids is 2. The van der Waals surface area contributed by atoms with E-state index in [1.165, 1.54) is 0 Å². The predicted molar refractivity (Wildman–Crippen MR) is 85.9 cm³/mol. The molecule has 1 heterocycles. The Kier molecular flexibility index (Phi) is 4.14. The van der Waals surface area contributed by atoms with Crippen molar-refractivity contribution in [1.82, 2.24) is 0 Å². The Morgan fingerprint density at radius 3 is 2.87 bits per heavy atom. The molecule has 6 nitrogen and oxygen atoms in total. The molecule has 1 aliphatic heterocycles. The Bertz CT molecular complexity index is 744. The number of amides is 2. The third kappa shape index (κ3) is 3.60. The first-order valence-electron chi connectivity index (χ1n) is 7.17. The molecule has 0 fully saturated rings. The second kappa shape index (κ2) is 6.39. The Hall–Kier alpha value is -3.02. The summed E-state index contributed by atoms with van der Waals surface area (Å²) in [5.41, 5.74) is 1.97. The van der Waals surface area contributed by atoms with Gasteiger partial charge < -0.3 is 20.1 Å². The topological polar surface area (TPSA) is 76.7 Å². The minimum Gasteiger partial charge on any atom is -0.484 e. The number of hydrogen-bond donors (Lipinski definition) is 2. The van der Waals surface area contributed by atoms with E-state index < -0.39 is 0 Å². The summed E-state index contributed by atoms with van der Waals surface area (Å²) < 4.78 is 10.8. The predicted octanol–water partition coefficient (Wildman–Crippen LogP) is 2.34. The van der Waals surface area contributed by atoms with Gasteiger partial charge >= 0.3 is 0 Å². The molecule has 0 saturated heterocycles. The number of benzene rings is 2. The number of anilines is 2. The summed E-state index contributed by atoms with van der Waals surface area (Å²) in [5, 5.41) is 5.48. The smallest absolute Gasteiger partial charge is 0.262 e. The lowest BCUT2D eigenvalue weighted by atomic mass is 10.1. The number of rotatable bonds is 4. The van der Waals surface area contributed by atoms with Crippen molar-refractivity contribution >= 4 is 23.2 Å². The fourth-order valence-corrected chi connectivity index (χ4v) is 2.29. The van der Waals surface area contributed by atoms with Crippen LogP contribution in [0.25, 0.3) is 0 Å². The molecule has 3 rings (SSSR count). The lowest BCUT2D eigenvalue weighted by Gasteiger charge is -2.21. The third-order valence-corrected chi connectivity index (χ3v) is 3.24. The van der Waals surface area contributed by atoms with Crippen molar-refractivity contribution < 1.29 is 19.1 Å². The minimum atomic E-state index is -0.304. The second-order valence-corrected chi connectivity index (χ2v) is 5.18. The van der Waals surface area contributed by atoms with Crippen LogP contribution in [0.5, 0.6) is 11.5 Å². The summed E-state index contributed by atoms with van der Waals surface area (Å²) in [6.07, 6.45) is 0. The number of nitrogens with one attached hydrogen (secondary N) is 2. The molecule has 1 aliphatic rings. The van der Waals surface area contributed by atoms with Crippen molar-refractivity contribution in [3.05, 3.63) is 48.0 Å². The molecule has 0 atom stereocenters. The van der Waals surface area contributed by atoms with Crippen LogP contribution in [0.1, 0.15) is 5.56 Å². The molecule has 23 heavy (non-hydrogen) atoms. The first kappa shape index (κ1) is 14.9. The van der Waals surface area contributed by atoms with Crippen molar-refractivity contribution in [2.45, 2.75) is 6.92 Å². The molecule has 2 N–H and O–H groups in total. The fraction of sp³-hybridized carbons (Fsp3) is 0.176. The SMILES string of the molecule is Cc1cc(NC(=O)COc2ccccc2)c2c(c1)NC(=O)CO2. The van der Waals surface area contributed by atoms with E-state index in [-0.39, 0.29) is 25.0 Å². The average molecular weight is 312 g/mol. The zero-order chi connectivity index (χ0) is 16.2.